The Morgan fingerprint density at radius 1 is 1.47 bits per heavy atom. The van der Waals surface area contributed by atoms with Crippen LogP contribution < -0.4 is 5.32 Å². The van der Waals surface area contributed by atoms with Gasteiger partial charge in [0.15, 0.2) is 0 Å². The number of halogens is 1. The van der Waals surface area contributed by atoms with Gasteiger partial charge in [-0.2, -0.15) is 0 Å². The zero-order valence-corrected chi connectivity index (χ0v) is 10.2. The van der Waals surface area contributed by atoms with Crippen LogP contribution in [-0.2, 0) is 5.60 Å². The maximum absolute atomic E-state index is 13.7. The van der Waals surface area contributed by atoms with E-state index in [1.54, 1.807) is 25.1 Å². The fourth-order valence-electron chi connectivity index (χ4n) is 2.67. The third-order valence-electron chi connectivity index (χ3n) is 3.54. The average molecular weight is 237 g/mol. The van der Waals surface area contributed by atoms with Gasteiger partial charge in [0.2, 0.25) is 0 Å². The second-order valence-corrected chi connectivity index (χ2v) is 5.17. The Kier molecular flexibility index (Phi) is 3.79. The average Bonchev–Trinajstić information content (AvgIpc) is 2.30. The maximum atomic E-state index is 13.7. The van der Waals surface area contributed by atoms with Crippen molar-refractivity contribution in [2.24, 2.45) is 5.92 Å². The summed E-state index contributed by atoms with van der Waals surface area (Å²) in [5.74, 6) is 0.111. The third-order valence-corrected chi connectivity index (χ3v) is 3.54. The first-order chi connectivity index (χ1) is 8.09. The van der Waals surface area contributed by atoms with E-state index in [4.69, 9.17) is 0 Å². The molecule has 2 unspecified atom stereocenters. The quantitative estimate of drug-likeness (QED) is 0.846. The monoisotopic (exact) mass is 237 g/mol. The molecule has 0 bridgehead atoms. The van der Waals surface area contributed by atoms with E-state index in [0.29, 0.717) is 17.9 Å². The summed E-state index contributed by atoms with van der Waals surface area (Å²) in [6.07, 6.45) is 2.86. The third kappa shape index (κ3) is 3.05. The second kappa shape index (κ2) is 5.15. The maximum Gasteiger partial charge on any atom is 0.129 e. The fraction of sp³-hybridized carbons (Fsp3) is 0.571. The van der Waals surface area contributed by atoms with E-state index in [1.165, 1.54) is 6.07 Å². The van der Waals surface area contributed by atoms with Gasteiger partial charge in [-0.3, -0.25) is 0 Å². The van der Waals surface area contributed by atoms with Gasteiger partial charge in [0, 0.05) is 5.56 Å². The first-order valence-electron chi connectivity index (χ1n) is 6.28. The van der Waals surface area contributed by atoms with E-state index in [0.717, 1.165) is 25.9 Å². The predicted octanol–water partition coefficient (Wildman–Crippen LogP) is 2.42. The molecule has 2 rings (SSSR count). The number of hydrogen-bond acceptors (Lipinski definition) is 2. The van der Waals surface area contributed by atoms with Crippen molar-refractivity contribution in [3.63, 3.8) is 0 Å². The first kappa shape index (κ1) is 12.5. The Bertz CT molecular complexity index is 372. The minimum atomic E-state index is -1.07. The Balaban J connectivity index is 2.10. The lowest BCUT2D eigenvalue weighted by molar-refractivity contribution is 0.0228. The molecule has 0 saturated carbocycles. The Morgan fingerprint density at radius 3 is 2.88 bits per heavy atom. The molecule has 94 valence electrons. The van der Waals surface area contributed by atoms with Crippen molar-refractivity contribution in [2.75, 3.05) is 13.1 Å². The molecule has 1 fully saturated rings. The van der Waals surface area contributed by atoms with Crippen molar-refractivity contribution >= 4 is 0 Å². The molecule has 1 aliphatic heterocycles. The molecule has 2 N–H and O–H groups in total. The van der Waals surface area contributed by atoms with Gasteiger partial charge in [0.25, 0.3) is 0 Å². The number of benzene rings is 1. The van der Waals surface area contributed by atoms with Crippen LogP contribution in [0.5, 0.6) is 0 Å². The molecule has 1 aromatic carbocycles. The summed E-state index contributed by atoms with van der Waals surface area (Å²) in [4.78, 5) is 0. The van der Waals surface area contributed by atoms with E-state index in [1.807, 2.05) is 0 Å². The highest BCUT2D eigenvalue weighted by Gasteiger charge is 2.30. The van der Waals surface area contributed by atoms with E-state index in [9.17, 15) is 9.50 Å². The highest BCUT2D eigenvalue weighted by molar-refractivity contribution is 5.23. The highest BCUT2D eigenvalue weighted by Crippen LogP contribution is 2.32. The van der Waals surface area contributed by atoms with Crippen LogP contribution in [0.1, 0.15) is 31.7 Å². The molecule has 0 radical (unpaired) electrons. The molecular formula is C14H20FNO. The van der Waals surface area contributed by atoms with E-state index in [2.05, 4.69) is 5.32 Å². The molecule has 1 aromatic rings. The Labute approximate surface area is 102 Å². The molecule has 0 spiro atoms. The summed E-state index contributed by atoms with van der Waals surface area (Å²) in [6.45, 7) is 3.68. The standard InChI is InChI=1S/C14H20FNO/c1-14(17,9-11-5-4-8-16-10-11)12-6-2-3-7-13(12)15/h2-3,6-7,11,16-17H,4-5,8-10H2,1H3. The topological polar surface area (TPSA) is 32.3 Å². The van der Waals surface area contributed by atoms with Crippen molar-refractivity contribution in [1.29, 1.82) is 0 Å². The summed E-state index contributed by atoms with van der Waals surface area (Å²) in [7, 11) is 0. The molecule has 2 nitrogen and oxygen atoms in total. The normalized spacial score (nSPS) is 24.3. The molecule has 2 atom stereocenters. The van der Waals surface area contributed by atoms with Crippen LogP contribution >= 0.6 is 0 Å². The molecule has 1 saturated heterocycles. The number of rotatable bonds is 3. The van der Waals surface area contributed by atoms with Gasteiger partial charge in [-0.1, -0.05) is 18.2 Å². The zero-order chi connectivity index (χ0) is 12.3. The van der Waals surface area contributed by atoms with Crippen molar-refractivity contribution in [1.82, 2.24) is 5.32 Å². The molecular weight excluding hydrogens is 217 g/mol. The van der Waals surface area contributed by atoms with Crippen molar-refractivity contribution < 1.29 is 9.50 Å². The molecule has 3 heteroatoms. The lowest BCUT2D eigenvalue weighted by Gasteiger charge is -2.31. The molecule has 17 heavy (non-hydrogen) atoms. The number of hydrogen-bond donors (Lipinski definition) is 2. The van der Waals surface area contributed by atoms with Crippen molar-refractivity contribution in [3.8, 4) is 0 Å². The van der Waals surface area contributed by atoms with Gasteiger partial charge >= 0.3 is 0 Å². The Morgan fingerprint density at radius 2 is 2.24 bits per heavy atom. The van der Waals surface area contributed by atoms with Gasteiger partial charge in [0.05, 0.1) is 5.60 Å². The summed E-state index contributed by atoms with van der Waals surface area (Å²) >= 11 is 0. The van der Waals surface area contributed by atoms with Gasteiger partial charge in [-0.05, 0) is 51.3 Å². The molecule has 0 aliphatic carbocycles. The summed E-state index contributed by atoms with van der Waals surface area (Å²) in [5, 5.41) is 13.8. The molecule has 0 amide bonds. The first-order valence-corrected chi connectivity index (χ1v) is 6.28. The molecule has 0 aromatic heterocycles. The van der Waals surface area contributed by atoms with E-state index in [-0.39, 0.29) is 5.82 Å². The fourth-order valence-corrected chi connectivity index (χ4v) is 2.67. The molecule has 1 aliphatic rings. The van der Waals surface area contributed by atoms with Crippen LogP contribution in [0.4, 0.5) is 4.39 Å². The van der Waals surface area contributed by atoms with Gasteiger partial charge in [-0.25, -0.2) is 4.39 Å². The van der Waals surface area contributed by atoms with Crippen LogP contribution in [-0.4, -0.2) is 18.2 Å². The van der Waals surface area contributed by atoms with Crippen molar-refractivity contribution in [2.45, 2.75) is 31.8 Å². The lowest BCUT2D eigenvalue weighted by Crippen LogP contribution is -2.35. The smallest absolute Gasteiger partial charge is 0.129 e. The second-order valence-electron chi connectivity index (χ2n) is 5.17. The largest absolute Gasteiger partial charge is 0.385 e. The highest BCUT2D eigenvalue weighted by atomic mass is 19.1. The summed E-state index contributed by atoms with van der Waals surface area (Å²) in [5.41, 5.74) is -0.666. The van der Waals surface area contributed by atoms with E-state index >= 15 is 0 Å². The van der Waals surface area contributed by atoms with Crippen LogP contribution in [0.15, 0.2) is 24.3 Å². The van der Waals surface area contributed by atoms with Crippen molar-refractivity contribution in [3.05, 3.63) is 35.6 Å². The minimum Gasteiger partial charge on any atom is -0.385 e. The number of aliphatic hydroxyl groups is 1. The Hall–Kier alpha value is -0.930. The summed E-state index contributed by atoms with van der Waals surface area (Å²) < 4.78 is 13.7. The van der Waals surface area contributed by atoms with Gasteiger partial charge < -0.3 is 10.4 Å². The number of piperidine rings is 1. The lowest BCUT2D eigenvalue weighted by atomic mass is 9.83. The summed E-state index contributed by atoms with van der Waals surface area (Å²) in [6, 6.07) is 6.50. The van der Waals surface area contributed by atoms with E-state index < -0.39 is 5.60 Å². The van der Waals surface area contributed by atoms with Gasteiger partial charge in [0.1, 0.15) is 5.82 Å². The SMILES string of the molecule is CC(O)(CC1CCCNC1)c1ccccc1F. The van der Waals surface area contributed by atoms with Crippen LogP contribution in [0.3, 0.4) is 0 Å². The predicted molar refractivity (Wildman–Crippen MR) is 66.2 cm³/mol. The van der Waals surface area contributed by atoms with Crippen LogP contribution in [0.2, 0.25) is 0 Å². The van der Waals surface area contributed by atoms with Crippen LogP contribution in [0, 0.1) is 11.7 Å². The molecule has 1 heterocycles. The minimum absolute atomic E-state index is 0.318. The van der Waals surface area contributed by atoms with Crippen LogP contribution in [0.25, 0.3) is 0 Å². The zero-order valence-electron chi connectivity index (χ0n) is 10.2. The van der Waals surface area contributed by atoms with Gasteiger partial charge in [-0.15, -0.1) is 0 Å². The number of nitrogens with one attached hydrogen (secondary N) is 1.